The average molecular weight is 598 g/mol. The van der Waals surface area contributed by atoms with Crippen molar-refractivity contribution in [1.82, 2.24) is 9.55 Å². The lowest BCUT2D eigenvalue weighted by Gasteiger charge is -2.43. The molecule has 1 fully saturated rings. The van der Waals surface area contributed by atoms with Crippen LogP contribution in [0.5, 0.6) is 0 Å². The Hall–Kier alpha value is -2.19. The lowest BCUT2D eigenvalue weighted by Crippen LogP contribution is -2.67. The number of nitrogens with zero attached hydrogens (tertiary/aromatic N) is 2. The normalized spacial score (nSPS) is 23.9. The maximum atomic E-state index is 12.1. The van der Waals surface area contributed by atoms with Crippen LogP contribution in [0.4, 0.5) is 5.82 Å². The molecule has 0 unspecified atom stereocenters. The number of anilines is 1. The van der Waals surface area contributed by atoms with E-state index in [1.165, 1.54) is 0 Å². The van der Waals surface area contributed by atoms with Crippen molar-refractivity contribution in [2.45, 2.75) is 82.0 Å². The molecule has 0 spiro atoms. The molecule has 1 aliphatic heterocycles. The Morgan fingerprint density at radius 3 is 2.05 bits per heavy atom. The molecule has 0 saturated carbocycles. The molecular formula is C30H43N3O4SSi2. The lowest BCUT2D eigenvalue weighted by atomic mass is 9.91. The van der Waals surface area contributed by atoms with E-state index in [1.54, 1.807) is 16.8 Å². The van der Waals surface area contributed by atoms with Crippen LogP contribution in [0.2, 0.25) is 30.7 Å². The van der Waals surface area contributed by atoms with Crippen LogP contribution < -0.4 is 16.1 Å². The second-order valence-corrected chi connectivity index (χ2v) is 23.3. The monoisotopic (exact) mass is 597 g/mol. The van der Waals surface area contributed by atoms with Crippen LogP contribution in [0.15, 0.2) is 72.9 Å². The Kier molecular flexibility index (Phi) is 8.92. The van der Waals surface area contributed by atoms with E-state index in [1.807, 2.05) is 36.4 Å². The van der Waals surface area contributed by atoms with Gasteiger partial charge in [-0.15, -0.1) is 0 Å². The smallest absolute Gasteiger partial charge is 0.261 e. The predicted molar refractivity (Wildman–Crippen MR) is 169 cm³/mol. The highest BCUT2D eigenvalue weighted by Crippen LogP contribution is 2.44. The van der Waals surface area contributed by atoms with Crippen molar-refractivity contribution in [3.05, 3.63) is 77.7 Å². The van der Waals surface area contributed by atoms with E-state index in [2.05, 4.69) is 69.7 Å². The van der Waals surface area contributed by atoms with Crippen LogP contribution in [0.1, 0.15) is 33.4 Å². The van der Waals surface area contributed by atoms with Crippen molar-refractivity contribution in [2.75, 3.05) is 12.3 Å². The summed E-state index contributed by atoms with van der Waals surface area (Å²) in [5.74, 6) is 0.289. The zero-order valence-electron chi connectivity index (χ0n) is 24.4. The number of benzene rings is 2. The van der Waals surface area contributed by atoms with Gasteiger partial charge in [0.15, 0.2) is 6.23 Å². The highest BCUT2D eigenvalue weighted by Gasteiger charge is 2.58. The number of aliphatic hydroxyl groups excluding tert-OH is 1. The van der Waals surface area contributed by atoms with Gasteiger partial charge < -0.3 is 25.1 Å². The van der Waals surface area contributed by atoms with Gasteiger partial charge in [0.2, 0.25) is 4.77 Å². The number of hydrogen-bond donors (Lipinski definition) is 3. The first-order chi connectivity index (χ1) is 18.7. The van der Waals surface area contributed by atoms with Gasteiger partial charge in [0.1, 0.15) is 23.6 Å². The number of aromatic nitrogens is 2. The van der Waals surface area contributed by atoms with Crippen molar-refractivity contribution in [3.63, 3.8) is 0 Å². The molecule has 4 atom stereocenters. The molecule has 3 aromatic rings. The van der Waals surface area contributed by atoms with Crippen LogP contribution in [0, 0.1) is 4.77 Å². The Morgan fingerprint density at radius 2 is 1.57 bits per heavy atom. The standard InChI is InChI=1S/C30H43N3O4SSi2/c1-29(2,3)40(22-13-9-7-10-14-22,23-15-11-8-12-16-23)36-21-24-26(34)30(35,18-20-39(4,5)6)27(37-24)33-19-17-25(31)32-28(33)38/h7-17,19,24,26-27,34-35H,18,20-21H2,1-6H3,(H2,31,32,38)/t24-,26-,27-,30-/m1/s1. The van der Waals surface area contributed by atoms with Gasteiger partial charge in [0, 0.05) is 14.3 Å². The molecule has 7 nitrogen and oxygen atoms in total. The molecule has 1 saturated heterocycles. The molecule has 0 radical (unpaired) electrons. The molecule has 0 bridgehead atoms. The van der Waals surface area contributed by atoms with Crippen LogP contribution in [0.25, 0.3) is 0 Å². The van der Waals surface area contributed by atoms with Gasteiger partial charge in [0.05, 0.1) is 6.61 Å². The van der Waals surface area contributed by atoms with E-state index < -0.39 is 40.4 Å². The Morgan fingerprint density at radius 1 is 1.02 bits per heavy atom. The second kappa shape index (κ2) is 11.6. The molecule has 2 heterocycles. The van der Waals surface area contributed by atoms with Crippen LogP contribution in [-0.4, -0.2) is 60.6 Å². The van der Waals surface area contributed by atoms with E-state index in [-0.39, 0.29) is 22.2 Å². The molecule has 10 heteroatoms. The molecule has 40 heavy (non-hydrogen) atoms. The predicted octanol–water partition coefficient (Wildman–Crippen LogP) is 4.49. The van der Waals surface area contributed by atoms with E-state index in [0.717, 1.165) is 16.4 Å². The zero-order valence-corrected chi connectivity index (χ0v) is 27.2. The van der Waals surface area contributed by atoms with Gasteiger partial charge in [-0.1, -0.05) is 107 Å². The summed E-state index contributed by atoms with van der Waals surface area (Å²) in [6, 6.07) is 23.1. The third-order valence-electron chi connectivity index (χ3n) is 7.86. The van der Waals surface area contributed by atoms with Crippen LogP contribution >= 0.6 is 12.2 Å². The minimum Gasteiger partial charge on any atom is -0.405 e. The summed E-state index contributed by atoms with van der Waals surface area (Å²) in [5.41, 5.74) is 4.28. The van der Waals surface area contributed by atoms with E-state index >= 15 is 0 Å². The van der Waals surface area contributed by atoms with Crippen molar-refractivity contribution >= 4 is 44.8 Å². The summed E-state index contributed by atoms with van der Waals surface area (Å²) in [6.45, 7) is 13.5. The Bertz CT molecular complexity index is 1310. The van der Waals surface area contributed by atoms with Crippen molar-refractivity contribution in [1.29, 1.82) is 0 Å². The quantitative estimate of drug-likeness (QED) is 0.247. The SMILES string of the molecule is CC(C)(C)[Si](OC[C@H]1O[C@@H](n2ccc(N)nc2=S)[C@@](O)(CC[Si](C)(C)C)[C@@H]1O)(c1ccccc1)c1ccccc1. The van der Waals surface area contributed by atoms with E-state index in [4.69, 9.17) is 27.1 Å². The topological polar surface area (TPSA) is 103 Å². The Balaban J connectivity index is 1.74. The first kappa shape index (κ1) is 30.8. The fraction of sp³-hybridized carbons (Fsp3) is 0.467. The van der Waals surface area contributed by atoms with Crippen molar-refractivity contribution < 1.29 is 19.4 Å². The largest absolute Gasteiger partial charge is 0.405 e. The average Bonchev–Trinajstić information content (AvgIpc) is 3.13. The first-order valence-electron chi connectivity index (χ1n) is 13.8. The maximum Gasteiger partial charge on any atom is 0.261 e. The molecule has 1 aliphatic rings. The fourth-order valence-electron chi connectivity index (χ4n) is 5.68. The van der Waals surface area contributed by atoms with Gasteiger partial charge in [-0.3, -0.25) is 4.57 Å². The third kappa shape index (κ3) is 6.03. The van der Waals surface area contributed by atoms with E-state index in [0.29, 0.717) is 6.42 Å². The minimum absolute atomic E-state index is 0.107. The Labute approximate surface area is 245 Å². The van der Waals surface area contributed by atoms with Crippen LogP contribution in [-0.2, 0) is 9.16 Å². The molecular weight excluding hydrogens is 555 g/mol. The summed E-state index contributed by atoms with van der Waals surface area (Å²) in [5, 5.41) is 25.8. The van der Waals surface area contributed by atoms with Crippen molar-refractivity contribution in [3.8, 4) is 0 Å². The summed E-state index contributed by atoms with van der Waals surface area (Å²) in [7, 11) is -4.44. The number of ether oxygens (including phenoxy) is 1. The molecule has 0 aliphatic carbocycles. The number of nitrogens with two attached hydrogens (primary N) is 1. The summed E-state index contributed by atoms with van der Waals surface area (Å²) < 4.78 is 15.3. The van der Waals surface area contributed by atoms with Gasteiger partial charge >= 0.3 is 0 Å². The summed E-state index contributed by atoms with van der Waals surface area (Å²) >= 11 is 5.50. The van der Waals surface area contributed by atoms with Gasteiger partial charge in [-0.25, -0.2) is 4.98 Å². The summed E-state index contributed by atoms with van der Waals surface area (Å²) in [4.78, 5) is 4.21. The molecule has 216 valence electrons. The minimum atomic E-state index is -2.88. The maximum absolute atomic E-state index is 12.1. The number of rotatable bonds is 9. The highest BCUT2D eigenvalue weighted by atomic mass is 32.1. The second-order valence-electron chi connectivity index (χ2n) is 13.0. The van der Waals surface area contributed by atoms with Gasteiger partial charge in [-0.2, -0.15) is 0 Å². The van der Waals surface area contributed by atoms with Gasteiger partial charge in [-0.05, 0) is 40.1 Å². The van der Waals surface area contributed by atoms with Crippen LogP contribution in [0.3, 0.4) is 0 Å². The molecule has 1 aromatic heterocycles. The zero-order chi connectivity index (χ0) is 29.3. The first-order valence-corrected chi connectivity index (χ1v) is 19.9. The van der Waals surface area contributed by atoms with E-state index in [9.17, 15) is 10.2 Å². The number of hydrogen-bond acceptors (Lipinski definition) is 7. The lowest BCUT2D eigenvalue weighted by molar-refractivity contribution is -0.112. The van der Waals surface area contributed by atoms with Gasteiger partial charge in [0.25, 0.3) is 8.32 Å². The van der Waals surface area contributed by atoms with Crippen molar-refractivity contribution in [2.24, 2.45) is 0 Å². The molecule has 2 aromatic carbocycles. The summed E-state index contributed by atoms with van der Waals surface area (Å²) in [6.07, 6.45) is -0.847. The molecule has 0 amide bonds. The molecule has 4 N–H and O–H groups in total. The number of nitrogen functional groups attached to an aromatic ring is 1. The third-order valence-corrected chi connectivity index (χ3v) is 14.9. The highest BCUT2D eigenvalue weighted by molar-refractivity contribution is 7.71. The number of aliphatic hydroxyl groups is 2. The molecule has 4 rings (SSSR count). The fourth-order valence-corrected chi connectivity index (χ4v) is 11.7.